The number of rotatable bonds is 3. The minimum absolute atomic E-state index is 0.0782. The molecule has 3 aliphatic heterocycles. The molecule has 5 rings (SSSR count). The summed E-state index contributed by atoms with van der Waals surface area (Å²) in [6.45, 7) is 0. The van der Waals surface area contributed by atoms with Gasteiger partial charge < -0.3 is 15.7 Å². The maximum atomic E-state index is 13.7. The van der Waals surface area contributed by atoms with Crippen LogP contribution in [-0.2, 0) is 14.4 Å². The van der Waals surface area contributed by atoms with Crippen molar-refractivity contribution in [1.29, 1.82) is 0 Å². The zero-order valence-electron chi connectivity index (χ0n) is 18.1. The predicted molar refractivity (Wildman–Crippen MR) is 112 cm³/mol. The Morgan fingerprint density at radius 2 is 1.88 bits per heavy atom. The summed E-state index contributed by atoms with van der Waals surface area (Å²) in [6, 6.07) is 0.839. The molecule has 4 atom stereocenters. The summed E-state index contributed by atoms with van der Waals surface area (Å²) in [6.07, 6.45) is 1.76. The van der Waals surface area contributed by atoms with Crippen LogP contribution in [0.2, 0.25) is 0 Å². The maximum Gasteiger partial charge on any atom is 0.280 e. The lowest BCUT2D eigenvalue weighted by Crippen LogP contribution is -2.58. The van der Waals surface area contributed by atoms with Gasteiger partial charge in [0.05, 0.1) is 17.9 Å². The third kappa shape index (κ3) is 3.40. The van der Waals surface area contributed by atoms with E-state index in [1.807, 2.05) is 0 Å². The van der Waals surface area contributed by atoms with E-state index >= 15 is 0 Å². The molecule has 33 heavy (non-hydrogen) atoms. The van der Waals surface area contributed by atoms with Gasteiger partial charge in [-0.15, -0.1) is 0 Å². The van der Waals surface area contributed by atoms with Crippen LogP contribution in [0.1, 0.15) is 63.5 Å². The number of nitrogens with two attached hydrogens (primary N) is 1. The SMILES string of the molecule is N[C@H]1CCCC[C@H]2CC[C@@H](C(=O)N3C(O)N(c4ccc(C(F)F)nc4)C(=O)C34CC4)N2C1=O. The number of halogens is 2. The van der Waals surface area contributed by atoms with Crippen LogP contribution in [-0.4, -0.2) is 67.6 Å². The van der Waals surface area contributed by atoms with Crippen molar-refractivity contribution in [1.82, 2.24) is 14.8 Å². The molecule has 1 aliphatic carbocycles. The van der Waals surface area contributed by atoms with Gasteiger partial charge in [-0.3, -0.25) is 29.2 Å². The van der Waals surface area contributed by atoms with Crippen molar-refractivity contribution in [3.05, 3.63) is 24.0 Å². The summed E-state index contributed by atoms with van der Waals surface area (Å²) in [5, 5.41) is 11.1. The van der Waals surface area contributed by atoms with Crippen LogP contribution < -0.4 is 10.6 Å². The molecule has 0 aromatic carbocycles. The number of hydrogen-bond donors (Lipinski definition) is 2. The van der Waals surface area contributed by atoms with E-state index in [2.05, 4.69) is 4.98 Å². The van der Waals surface area contributed by atoms with E-state index in [1.54, 1.807) is 4.90 Å². The largest absolute Gasteiger partial charge is 0.356 e. The zero-order valence-corrected chi connectivity index (χ0v) is 18.1. The maximum absolute atomic E-state index is 13.7. The van der Waals surface area contributed by atoms with Crippen molar-refractivity contribution < 1.29 is 28.3 Å². The Balaban J connectivity index is 1.43. The molecule has 1 unspecified atom stereocenters. The lowest BCUT2D eigenvalue weighted by molar-refractivity contribution is -0.154. The molecule has 4 heterocycles. The molecule has 0 bridgehead atoms. The molecular weight excluding hydrogens is 436 g/mol. The second kappa shape index (κ2) is 7.98. The van der Waals surface area contributed by atoms with E-state index in [-0.39, 0.29) is 17.6 Å². The first-order chi connectivity index (χ1) is 15.8. The number of nitrogens with zero attached hydrogens (tertiary/aromatic N) is 4. The van der Waals surface area contributed by atoms with Crippen molar-refractivity contribution in [2.45, 2.75) is 87.8 Å². The summed E-state index contributed by atoms with van der Waals surface area (Å²) >= 11 is 0. The van der Waals surface area contributed by atoms with E-state index in [0.717, 1.165) is 36.4 Å². The fraction of sp³-hybridized carbons (Fsp3) is 0.636. The van der Waals surface area contributed by atoms with Crippen molar-refractivity contribution in [2.24, 2.45) is 5.73 Å². The second-order valence-corrected chi connectivity index (χ2v) is 9.39. The smallest absolute Gasteiger partial charge is 0.280 e. The first-order valence-corrected chi connectivity index (χ1v) is 11.4. The number of hydrogen-bond acceptors (Lipinski definition) is 6. The van der Waals surface area contributed by atoms with Gasteiger partial charge in [0.1, 0.15) is 17.3 Å². The molecule has 9 nitrogen and oxygen atoms in total. The number of carbonyl (C=O) groups excluding carboxylic acids is 3. The summed E-state index contributed by atoms with van der Waals surface area (Å²) in [7, 11) is 0. The fourth-order valence-corrected chi connectivity index (χ4v) is 5.55. The lowest BCUT2D eigenvalue weighted by atomic mass is 9.99. The average molecular weight is 463 g/mol. The highest BCUT2D eigenvalue weighted by Gasteiger charge is 2.68. The Morgan fingerprint density at radius 3 is 2.52 bits per heavy atom. The third-order valence-electron chi connectivity index (χ3n) is 7.44. The quantitative estimate of drug-likeness (QED) is 0.697. The van der Waals surface area contributed by atoms with Crippen LogP contribution >= 0.6 is 0 Å². The Hall–Kier alpha value is -2.66. The zero-order chi connectivity index (χ0) is 23.5. The number of alkyl halides is 2. The number of carbonyl (C=O) groups is 3. The van der Waals surface area contributed by atoms with E-state index < -0.39 is 47.9 Å². The number of anilines is 1. The first-order valence-electron chi connectivity index (χ1n) is 11.4. The highest BCUT2D eigenvalue weighted by molar-refractivity contribution is 6.08. The van der Waals surface area contributed by atoms with Gasteiger partial charge in [0, 0.05) is 6.04 Å². The highest BCUT2D eigenvalue weighted by Crippen LogP contribution is 2.51. The number of fused-ring (bicyclic) bond motifs is 1. The Labute approximate surface area is 189 Å². The van der Waals surface area contributed by atoms with Crippen molar-refractivity contribution in [2.75, 3.05) is 4.90 Å². The molecule has 0 radical (unpaired) electrons. The minimum Gasteiger partial charge on any atom is -0.356 e. The van der Waals surface area contributed by atoms with Crippen LogP contribution in [0.3, 0.4) is 0 Å². The minimum atomic E-state index is -2.76. The molecule has 3 amide bonds. The Morgan fingerprint density at radius 1 is 1.15 bits per heavy atom. The molecular formula is C22H27F2N5O4. The van der Waals surface area contributed by atoms with Crippen LogP contribution in [0, 0.1) is 0 Å². The molecule has 3 saturated heterocycles. The number of aliphatic hydroxyl groups is 1. The molecule has 1 aromatic rings. The van der Waals surface area contributed by atoms with Crippen LogP contribution in [0.25, 0.3) is 0 Å². The Bertz CT molecular complexity index is 970. The van der Waals surface area contributed by atoms with Gasteiger partial charge in [-0.05, 0) is 50.7 Å². The van der Waals surface area contributed by atoms with E-state index in [0.29, 0.717) is 32.1 Å². The van der Waals surface area contributed by atoms with Crippen LogP contribution in [0.4, 0.5) is 14.5 Å². The average Bonchev–Trinajstić information content (AvgIpc) is 3.42. The number of amides is 3. The van der Waals surface area contributed by atoms with Gasteiger partial charge in [-0.2, -0.15) is 0 Å². The van der Waals surface area contributed by atoms with E-state index in [9.17, 15) is 28.3 Å². The van der Waals surface area contributed by atoms with Crippen LogP contribution in [0.15, 0.2) is 18.3 Å². The third-order valence-corrected chi connectivity index (χ3v) is 7.44. The van der Waals surface area contributed by atoms with Gasteiger partial charge in [0.25, 0.3) is 12.3 Å². The summed E-state index contributed by atoms with van der Waals surface area (Å²) < 4.78 is 25.7. The standard InChI is InChI=1S/C22H27F2N5O4/c23-17(24)15-7-5-13(11-26-15)28-20(32)22(9-10-22)29(21(28)33)19(31)16-8-6-12-3-1-2-4-14(25)18(30)27(12)16/h5,7,11-12,14,16-17,21,33H,1-4,6,8-10,25H2/t12-,14-,16-,21?/m0/s1. The summed E-state index contributed by atoms with van der Waals surface area (Å²) in [5.41, 5.74) is 4.59. The predicted octanol–water partition coefficient (Wildman–Crippen LogP) is 1.26. The number of aromatic nitrogens is 1. The first kappa shape index (κ1) is 22.1. The highest BCUT2D eigenvalue weighted by atomic mass is 19.3. The van der Waals surface area contributed by atoms with Gasteiger partial charge in [-0.1, -0.05) is 12.8 Å². The molecule has 1 aromatic heterocycles. The molecule has 4 fully saturated rings. The van der Waals surface area contributed by atoms with E-state index in [4.69, 9.17) is 5.73 Å². The van der Waals surface area contributed by atoms with Gasteiger partial charge >= 0.3 is 0 Å². The van der Waals surface area contributed by atoms with Gasteiger partial charge in [0.15, 0.2) is 0 Å². The van der Waals surface area contributed by atoms with Crippen LogP contribution in [0.5, 0.6) is 0 Å². The molecule has 1 spiro atoms. The topological polar surface area (TPSA) is 120 Å². The normalized spacial score (nSPS) is 31.2. The lowest BCUT2D eigenvalue weighted by Gasteiger charge is -2.37. The number of pyridine rings is 1. The van der Waals surface area contributed by atoms with E-state index in [1.165, 1.54) is 11.0 Å². The Kier molecular flexibility index (Phi) is 5.36. The van der Waals surface area contributed by atoms with Crippen molar-refractivity contribution in [3.63, 3.8) is 0 Å². The monoisotopic (exact) mass is 463 g/mol. The second-order valence-electron chi connectivity index (χ2n) is 9.39. The van der Waals surface area contributed by atoms with Gasteiger partial charge in [0.2, 0.25) is 18.2 Å². The van der Waals surface area contributed by atoms with Crippen molar-refractivity contribution >= 4 is 23.4 Å². The molecule has 1 saturated carbocycles. The number of aliphatic hydroxyl groups excluding tert-OH is 1. The van der Waals surface area contributed by atoms with Gasteiger partial charge in [-0.25, -0.2) is 8.78 Å². The summed E-state index contributed by atoms with van der Waals surface area (Å²) in [5.74, 6) is -1.21. The molecule has 3 N–H and O–H groups in total. The van der Waals surface area contributed by atoms with Crippen molar-refractivity contribution in [3.8, 4) is 0 Å². The molecule has 178 valence electrons. The molecule has 11 heteroatoms. The fourth-order valence-electron chi connectivity index (χ4n) is 5.55. The molecule has 4 aliphatic rings. The summed E-state index contributed by atoms with van der Waals surface area (Å²) in [4.78, 5) is 47.5.